The van der Waals surface area contributed by atoms with Crippen LogP contribution in [0.1, 0.15) is 23.6 Å². The minimum atomic E-state index is -0.240. The summed E-state index contributed by atoms with van der Waals surface area (Å²) in [5.41, 5.74) is 4.81. The predicted octanol–water partition coefficient (Wildman–Crippen LogP) is 5.42. The molecule has 3 nitrogen and oxygen atoms in total. The Kier molecular flexibility index (Phi) is 4.71. The van der Waals surface area contributed by atoms with Crippen LogP contribution in [0.2, 0.25) is 0 Å². The third-order valence-electron chi connectivity index (χ3n) is 4.24. The Morgan fingerprint density at radius 1 is 0.875 bits per heavy atom. The monoisotopic (exact) mass is 317 g/mol. The molecule has 0 saturated carbocycles. The van der Waals surface area contributed by atoms with E-state index in [-0.39, 0.29) is 10.6 Å². The summed E-state index contributed by atoms with van der Waals surface area (Å²) in [6.07, 6.45) is 1.35. The summed E-state index contributed by atoms with van der Waals surface area (Å²) in [6.45, 7) is 1.98. The largest absolute Gasteiger partial charge is 0.280 e. The molecule has 0 spiro atoms. The predicted molar refractivity (Wildman–Crippen MR) is 97.2 cm³/mol. The Hall–Kier alpha value is -2.94. The van der Waals surface area contributed by atoms with E-state index in [1.54, 1.807) is 0 Å². The first-order valence-electron chi connectivity index (χ1n) is 8.09. The summed E-state index contributed by atoms with van der Waals surface area (Å²) >= 11 is 0. The van der Waals surface area contributed by atoms with Crippen molar-refractivity contribution < 1.29 is 4.92 Å². The molecule has 0 saturated heterocycles. The first-order chi connectivity index (χ1) is 11.7. The normalized spacial score (nSPS) is 10.5. The number of hydrogen-bond acceptors (Lipinski definition) is 2. The van der Waals surface area contributed by atoms with Gasteiger partial charge in [-0.2, -0.15) is 0 Å². The highest BCUT2D eigenvalue weighted by molar-refractivity contribution is 5.76. The first kappa shape index (κ1) is 15.9. The third kappa shape index (κ3) is 3.20. The average molecular weight is 317 g/mol. The molecule has 0 aliphatic carbocycles. The summed E-state index contributed by atoms with van der Waals surface area (Å²) in [6, 6.07) is 23.5. The minimum absolute atomic E-state index is 0.233. The summed E-state index contributed by atoms with van der Waals surface area (Å²) in [5, 5.41) is 11.8. The molecule has 0 heterocycles. The van der Waals surface area contributed by atoms with Crippen LogP contribution in [0.5, 0.6) is 0 Å². The van der Waals surface area contributed by atoms with Crippen molar-refractivity contribution in [1.29, 1.82) is 0 Å². The fraction of sp³-hybridized carbons (Fsp3) is 0.143. The highest BCUT2D eigenvalue weighted by atomic mass is 16.6. The van der Waals surface area contributed by atoms with Gasteiger partial charge in [-0.05, 0) is 35.6 Å². The smallest absolute Gasteiger partial charge is 0.258 e. The van der Waals surface area contributed by atoms with E-state index in [4.69, 9.17) is 0 Å². The van der Waals surface area contributed by atoms with Gasteiger partial charge in [-0.1, -0.05) is 73.7 Å². The lowest BCUT2D eigenvalue weighted by Crippen LogP contribution is -2.03. The molecule has 0 radical (unpaired) electrons. The molecular formula is C21H19NO2. The third-order valence-corrected chi connectivity index (χ3v) is 4.24. The van der Waals surface area contributed by atoms with Gasteiger partial charge in [0, 0.05) is 5.56 Å². The highest BCUT2D eigenvalue weighted by Gasteiger charge is 2.22. The molecule has 0 N–H and O–H groups in total. The zero-order valence-electron chi connectivity index (χ0n) is 13.6. The molecule has 0 unspecified atom stereocenters. The Morgan fingerprint density at radius 2 is 1.50 bits per heavy atom. The summed E-state index contributed by atoms with van der Waals surface area (Å²) in [4.78, 5) is 11.5. The van der Waals surface area contributed by atoms with Crippen molar-refractivity contribution in [2.75, 3.05) is 0 Å². The molecule has 120 valence electrons. The van der Waals surface area contributed by atoms with Crippen molar-refractivity contribution in [3.8, 4) is 11.1 Å². The van der Waals surface area contributed by atoms with Gasteiger partial charge in [0.05, 0.1) is 10.5 Å². The topological polar surface area (TPSA) is 43.1 Å². The van der Waals surface area contributed by atoms with Crippen molar-refractivity contribution in [3.63, 3.8) is 0 Å². The Bertz CT molecular complexity index is 842. The van der Waals surface area contributed by atoms with Gasteiger partial charge in [0.2, 0.25) is 0 Å². The molecule has 3 aromatic rings. The zero-order chi connectivity index (χ0) is 16.9. The second-order valence-corrected chi connectivity index (χ2v) is 5.74. The molecular weight excluding hydrogens is 298 g/mol. The van der Waals surface area contributed by atoms with Crippen molar-refractivity contribution in [2.45, 2.75) is 19.8 Å². The summed E-state index contributed by atoms with van der Waals surface area (Å²) in [7, 11) is 0. The number of benzene rings is 3. The van der Waals surface area contributed by atoms with E-state index < -0.39 is 0 Å². The SMILES string of the molecule is CCc1c(Cc2ccccc2)ccc(-c2ccccc2)c1[N+](=O)[O-]. The second-order valence-electron chi connectivity index (χ2n) is 5.74. The average Bonchev–Trinajstić information content (AvgIpc) is 2.62. The lowest BCUT2D eigenvalue weighted by Gasteiger charge is -2.13. The zero-order valence-corrected chi connectivity index (χ0v) is 13.6. The molecule has 0 bridgehead atoms. The minimum Gasteiger partial charge on any atom is -0.258 e. The second kappa shape index (κ2) is 7.09. The summed E-state index contributed by atoms with van der Waals surface area (Å²) < 4.78 is 0. The van der Waals surface area contributed by atoms with Crippen LogP contribution >= 0.6 is 0 Å². The van der Waals surface area contributed by atoms with E-state index in [0.29, 0.717) is 18.4 Å². The number of rotatable bonds is 5. The van der Waals surface area contributed by atoms with Gasteiger partial charge >= 0.3 is 0 Å². The Morgan fingerprint density at radius 3 is 2.08 bits per heavy atom. The number of hydrogen-bond donors (Lipinski definition) is 0. The van der Waals surface area contributed by atoms with Gasteiger partial charge in [-0.25, -0.2) is 0 Å². The standard InChI is InChI=1S/C21H19NO2/c1-2-19-18(15-16-9-5-3-6-10-16)13-14-20(21(19)22(23)24)17-11-7-4-8-12-17/h3-14H,2,15H2,1H3. The number of nitrogens with zero attached hydrogens (tertiary/aromatic N) is 1. The van der Waals surface area contributed by atoms with Crippen molar-refractivity contribution in [2.24, 2.45) is 0 Å². The molecule has 0 aliphatic heterocycles. The van der Waals surface area contributed by atoms with Gasteiger partial charge in [0.15, 0.2) is 0 Å². The number of nitro groups is 1. The fourth-order valence-corrected chi connectivity index (χ4v) is 3.11. The fourth-order valence-electron chi connectivity index (χ4n) is 3.11. The molecule has 3 aromatic carbocycles. The molecule has 0 aromatic heterocycles. The molecule has 3 rings (SSSR count). The molecule has 0 amide bonds. The Labute approximate surface area is 141 Å². The lowest BCUT2D eigenvalue weighted by atomic mass is 9.92. The van der Waals surface area contributed by atoms with Crippen molar-refractivity contribution in [1.82, 2.24) is 0 Å². The summed E-state index contributed by atoms with van der Waals surface area (Å²) in [5.74, 6) is 0. The van der Waals surface area contributed by atoms with Crippen LogP contribution in [0.15, 0.2) is 72.8 Å². The molecule has 0 fully saturated rings. The van der Waals surface area contributed by atoms with Crippen LogP contribution in [0.25, 0.3) is 11.1 Å². The first-order valence-corrected chi connectivity index (χ1v) is 8.09. The molecule has 24 heavy (non-hydrogen) atoms. The van der Waals surface area contributed by atoms with Crippen LogP contribution < -0.4 is 0 Å². The van der Waals surface area contributed by atoms with E-state index in [1.807, 2.05) is 67.6 Å². The van der Waals surface area contributed by atoms with Crippen molar-refractivity contribution in [3.05, 3.63) is 99.6 Å². The van der Waals surface area contributed by atoms with Crippen LogP contribution in [-0.2, 0) is 12.8 Å². The van der Waals surface area contributed by atoms with E-state index in [1.165, 1.54) is 0 Å². The number of nitro benzene ring substituents is 1. The maximum Gasteiger partial charge on any atom is 0.280 e. The lowest BCUT2D eigenvalue weighted by molar-refractivity contribution is -0.384. The Balaban J connectivity index is 2.13. The van der Waals surface area contributed by atoms with Gasteiger partial charge in [0.25, 0.3) is 5.69 Å². The highest BCUT2D eigenvalue weighted by Crippen LogP contribution is 2.36. The van der Waals surface area contributed by atoms with Gasteiger partial charge in [-0.3, -0.25) is 10.1 Å². The van der Waals surface area contributed by atoms with Gasteiger partial charge in [-0.15, -0.1) is 0 Å². The van der Waals surface area contributed by atoms with Crippen LogP contribution in [0.3, 0.4) is 0 Å². The van der Waals surface area contributed by atoms with Gasteiger partial charge < -0.3 is 0 Å². The van der Waals surface area contributed by atoms with Crippen LogP contribution in [0, 0.1) is 10.1 Å². The van der Waals surface area contributed by atoms with Crippen LogP contribution in [0.4, 0.5) is 5.69 Å². The van der Waals surface area contributed by atoms with E-state index in [2.05, 4.69) is 12.1 Å². The molecule has 3 heteroatoms. The van der Waals surface area contributed by atoms with E-state index in [0.717, 1.165) is 22.3 Å². The van der Waals surface area contributed by atoms with Gasteiger partial charge in [0.1, 0.15) is 0 Å². The van der Waals surface area contributed by atoms with Crippen molar-refractivity contribution >= 4 is 5.69 Å². The molecule has 0 aliphatic rings. The van der Waals surface area contributed by atoms with E-state index in [9.17, 15) is 10.1 Å². The molecule has 0 atom stereocenters. The van der Waals surface area contributed by atoms with Crippen LogP contribution in [-0.4, -0.2) is 4.92 Å². The maximum atomic E-state index is 11.8. The quantitative estimate of drug-likeness (QED) is 0.466. The van der Waals surface area contributed by atoms with E-state index >= 15 is 0 Å². The maximum absolute atomic E-state index is 11.8.